The molecule has 0 aliphatic heterocycles. The Hall–Kier alpha value is -1.79. The van der Waals surface area contributed by atoms with Crippen LogP contribution in [0, 0.1) is 11.8 Å². The molecule has 1 aliphatic rings. The Bertz CT molecular complexity index is 468. The van der Waals surface area contributed by atoms with Gasteiger partial charge in [-0.15, -0.1) is 0 Å². The summed E-state index contributed by atoms with van der Waals surface area (Å²) >= 11 is 0. The Kier molecular flexibility index (Phi) is 8.19. The van der Waals surface area contributed by atoms with Crippen molar-refractivity contribution < 1.29 is 28.6 Å². The van der Waals surface area contributed by atoms with Crippen molar-refractivity contribution in [3.63, 3.8) is 0 Å². The van der Waals surface area contributed by atoms with Crippen molar-refractivity contribution in [2.45, 2.75) is 78.6 Å². The van der Waals surface area contributed by atoms with Gasteiger partial charge in [-0.3, -0.25) is 9.59 Å². The normalized spacial score (nSPS) is 17.7. The number of ether oxygens (including phenoxy) is 3. The first-order valence-corrected chi connectivity index (χ1v) is 9.00. The maximum Gasteiger partial charge on any atom is 0.410 e. The van der Waals surface area contributed by atoms with E-state index in [1.807, 2.05) is 0 Å². The molecule has 0 aromatic carbocycles. The second-order valence-corrected chi connectivity index (χ2v) is 7.30. The molecule has 0 aromatic heterocycles. The summed E-state index contributed by atoms with van der Waals surface area (Å²) in [5, 5.41) is 2.66. The Labute approximate surface area is 149 Å². The topological polar surface area (TPSA) is 90.9 Å². The highest BCUT2D eigenvalue weighted by atomic mass is 16.7. The van der Waals surface area contributed by atoms with E-state index in [2.05, 4.69) is 5.32 Å². The Morgan fingerprint density at radius 3 is 2.08 bits per heavy atom. The molecule has 0 heterocycles. The fourth-order valence-corrected chi connectivity index (χ4v) is 2.74. The van der Waals surface area contributed by atoms with Crippen LogP contribution in [0.4, 0.5) is 4.79 Å². The van der Waals surface area contributed by atoms with Gasteiger partial charge in [-0.05, 0) is 25.7 Å². The lowest BCUT2D eigenvalue weighted by Crippen LogP contribution is -2.48. The van der Waals surface area contributed by atoms with E-state index < -0.39 is 24.0 Å². The van der Waals surface area contributed by atoms with Crippen molar-refractivity contribution in [1.29, 1.82) is 0 Å². The quantitative estimate of drug-likeness (QED) is 0.556. The number of carbonyl (C=O) groups is 3. The van der Waals surface area contributed by atoms with E-state index in [0.717, 1.165) is 19.3 Å². The van der Waals surface area contributed by atoms with Gasteiger partial charge in [0.05, 0.1) is 12.5 Å². The van der Waals surface area contributed by atoms with Crippen LogP contribution in [-0.4, -0.2) is 36.5 Å². The Balaban J connectivity index is 2.60. The average Bonchev–Trinajstić information content (AvgIpc) is 2.52. The predicted molar refractivity (Wildman–Crippen MR) is 91.6 cm³/mol. The number of esters is 2. The average molecular weight is 357 g/mol. The van der Waals surface area contributed by atoms with Crippen molar-refractivity contribution in [2.24, 2.45) is 11.8 Å². The summed E-state index contributed by atoms with van der Waals surface area (Å²) < 4.78 is 15.9. The SMILES string of the molecule is CC(=O)OC1(CNC(=O)OC(OC(=O)C(C)C)C(C)C)CCCCC1. The molecule has 0 aromatic rings. The van der Waals surface area contributed by atoms with Crippen LogP contribution in [0.3, 0.4) is 0 Å². The van der Waals surface area contributed by atoms with Gasteiger partial charge in [0.25, 0.3) is 6.29 Å². The highest BCUT2D eigenvalue weighted by Gasteiger charge is 2.36. The van der Waals surface area contributed by atoms with E-state index in [4.69, 9.17) is 14.2 Å². The van der Waals surface area contributed by atoms with Gasteiger partial charge in [0.2, 0.25) is 0 Å². The number of hydrogen-bond donors (Lipinski definition) is 1. The minimum Gasteiger partial charge on any atom is -0.457 e. The van der Waals surface area contributed by atoms with Crippen molar-refractivity contribution in [2.75, 3.05) is 6.54 Å². The highest BCUT2D eigenvalue weighted by Crippen LogP contribution is 2.31. The first-order chi connectivity index (χ1) is 11.6. The van der Waals surface area contributed by atoms with Gasteiger partial charge < -0.3 is 19.5 Å². The maximum atomic E-state index is 12.1. The molecular weight excluding hydrogens is 326 g/mol. The summed E-state index contributed by atoms with van der Waals surface area (Å²) in [7, 11) is 0. The van der Waals surface area contributed by atoms with E-state index in [9.17, 15) is 14.4 Å². The molecule has 1 fully saturated rings. The number of amides is 1. The molecule has 25 heavy (non-hydrogen) atoms. The molecule has 0 saturated heterocycles. The summed E-state index contributed by atoms with van der Waals surface area (Å²) in [6.45, 7) is 8.58. The highest BCUT2D eigenvalue weighted by molar-refractivity contribution is 5.72. The minimum absolute atomic E-state index is 0.175. The van der Waals surface area contributed by atoms with E-state index >= 15 is 0 Å². The molecule has 0 radical (unpaired) electrons. The molecule has 1 aliphatic carbocycles. The molecule has 0 bridgehead atoms. The predicted octanol–water partition coefficient (Wildman–Crippen LogP) is 3.16. The van der Waals surface area contributed by atoms with Gasteiger partial charge in [0, 0.05) is 12.8 Å². The zero-order chi connectivity index (χ0) is 19.0. The van der Waals surface area contributed by atoms with E-state index in [-0.39, 0.29) is 24.3 Å². The monoisotopic (exact) mass is 357 g/mol. The minimum atomic E-state index is -0.953. The summed E-state index contributed by atoms with van der Waals surface area (Å²) in [4.78, 5) is 35.2. The maximum absolute atomic E-state index is 12.1. The number of hydrogen-bond acceptors (Lipinski definition) is 6. The lowest BCUT2D eigenvalue weighted by Gasteiger charge is -2.36. The van der Waals surface area contributed by atoms with Gasteiger partial charge in [0.1, 0.15) is 5.60 Å². The number of alkyl carbamates (subject to hydrolysis) is 1. The molecule has 1 unspecified atom stereocenters. The van der Waals surface area contributed by atoms with Crippen molar-refractivity contribution >= 4 is 18.0 Å². The Morgan fingerprint density at radius 2 is 1.60 bits per heavy atom. The Morgan fingerprint density at radius 1 is 1.00 bits per heavy atom. The number of carbonyl (C=O) groups excluding carboxylic acids is 3. The van der Waals surface area contributed by atoms with Crippen molar-refractivity contribution in [3.05, 3.63) is 0 Å². The smallest absolute Gasteiger partial charge is 0.410 e. The molecule has 0 spiro atoms. The zero-order valence-electron chi connectivity index (χ0n) is 15.9. The second-order valence-electron chi connectivity index (χ2n) is 7.30. The van der Waals surface area contributed by atoms with E-state index in [1.54, 1.807) is 27.7 Å². The number of nitrogens with one attached hydrogen (secondary N) is 1. The van der Waals surface area contributed by atoms with Gasteiger partial charge in [-0.1, -0.05) is 34.1 Å². The largest absolute Gasteiger partial charge is 0.457 e. The lowest BCUT2D eigenvalue weighted by molar-refractivity contribution is -0.179. The van der Waals surface area contributed by atoms with E-state index in [0.29, 0.717) is 12.8 Å². The molecule has 7 nitrogen and oxygen atoms in total. The summed E-state index contributed by atoms with van der Waals surface area (Å²) in [5.74, 6) is -1.26. The lowest BCUT2D eigenvalue weighted by atomic mass is 9.84. The fourth-order valence-electron chi connectivity index (χ4n) is 2.74. The van der Waals surface area contributed by atoms with Crippen LogP contribution in [0.15, 0.2) is 0 Å². The van der Waals surface area contributed by atoms with Crippen LogP contribution in [0.2, 0.25) is 0 Å². The number of rotatable bonds is 7. The fraction of sp³-hybridized carbons (Fsp3) is 0.833. The third-order valence-corrected chi connectivity index (χ3v) is 4.15. The molecule has 7 heteroatoms. The van der Waals surface area contributed by atoms with Gasteiger partial charge in [-0.25, -0.2) is 4.79 Å². The first kappa shape index (κ1) is 21.3. The summed E-state index contributed by atoms with van der Waals surface area (Å²) in [5.41, 5.74) is -0.676. The van der Waals surface area contributed by atoms with Crippen molar-refractivity contribution in [1.82, 2.24) is 5.32 Å². The van der Waals surface area contributed by atoms with Gasteiger partial charge >= 0.3 is 18.0 Å². The first-order valence-electron chi connectivity index (χ1n) is 9.00. The zero-order valence-corrected chi connectivity index (χ0v) is 15.9. The van der Waals surface area contributed by atoms with Gasteiger partial charge in [-0.2, -0.15) is 0 Å². The summed E-state index contributed by atoms with van der Waals surface area (Å²) in [6.07, 6.45) is 2.77. The van der Waals surface area contributed by atoms with Crippen LogP contribution in [0.5, 0.6) is 0 Å². The van der Waals surface area contributed by atoms with Crippen molar-refractivity contribution in [3.8, 4) is 0 Å². The summed E-state index contributed by atoms with van der Waals surface area (Å²) in [6, 6.07) is 0. The molecule has 144 valence electrons. The third-order valence-electron chi connectivity index (χ3n) is 4.15. The molecule has 1 atom stereocenters. The van der Waals surface area contributed by atoms with E-state index in [1.165, 1.54) is 6.92 Å². The van der Waals surface area contributed by atoms with Gasteiger partial charge in [0.15, 0.2) is 0 Å². The molecular formula is C18H31NO6. The second kappa shape index (κ2) is 9.63. The molecule has 1 amide bonds. The van der Waals surface area contributed by atoms with Crippen LogP contribution in [0.1, 0.15) is 66.7 Å². The molecule has 1 saturated carbocycles. The van der Waals surface area contributed by atoms with Crippen LogP contribution < -0.4 is 5.32 Å². The van der Waals surface area contributed by atoms with Crippen LogP contribution in [0.25, 0.3) is 0 Å². The molecule has 1 rings (SSSR count). The molecule has 1 N–H and O–H groups in total. The van der Waals surface area contributed by atoms with Crippen LogP contribution >= 0.6 is 0 Å². The van der Waals surface area contributed by atoms with Crippen LogP contribution in [-0.2, 0) is 23.8 Å². The third kappa shape index (κ3) is 7.32. The standard InChI is InChI=1S/C18H31NO6/c1-12(2)15(21)23-16(13(3)4)24-17(22)19-11-18(25-14(5)20)9-7-6-8-10-18/h12-13,16H,6-11H2,1-5H3,(H,19,22).